The first-order valence-corrected chi connectivity index (χ1v) is 21.2. The number of nitrogen functional groups attached to an aromatic ring is 2. The smallest absolute Gasteiger partial charge is 0.744 e. The molecule has 0 aromatic heterocycles. The second-order valence-electron chi connectivity index (χ2n) is 11.6. The first kappa shape index (κ1) is 53.1. The van der Waals surface area contributed by atoms with E-state index >= 15 is 0 Å². The van der Waals surface area contributed by atoms with Gasteiger partial charge in [-0.2, -0.15) is 0 Å². The molecule has 0 bridgehead atoms. The number of nitrogens with one attached hydrogen (secondary N) is 2. The van der Waals surface area contributed by atoms with Crippen LogP contribution in [0.25, 0.3) is 0 Å². The van der Waals surface area contributed by atoms with Crippen molar-refractivity contribution in [3.05, 3.63) is 81.4 Å². The number of halogens is 2. The molecular weight excluding hydrogens is 959 g/mol. The quantitative estimate of drug-likeness (QED) is 0.0624. The average molecular weight is 976 g/mol. The minimum Gasteiger partial charge on any atom is -0.744 e. The number of ether oxygens (including phenoxy) is 2. The molecule has 2 aliphatic rings. The molecule has 6 N–H and O–H groups in total. The predicted molar refractivity (Wildman–Crippen MR) is 191 cm³/mol. The van der Waals surface area contributed by atoms with Gasteiger partial charge in [0.25, 0.3) is 0 Å². The van der Waals surface area contributed by atoms with Crippen molar-refractivity contribution in [1.29, 1.82) is 0 Å². The summed E-state index contributed by atoms with van der Waals surface area (Å²) in [4.78, 5) is 4.87. The van der Waals surface area contributed by atoms with Gasteiger partial charge in [-0.25, -0.2) is 43.7 Å². The van der Waals surface area contributed by atoms with E-state index in [1.165, 1.54) is 24.3 Å². The number of anilines is 6. The zero-order valence-electron chi connectivity index (χ0n) is 30.9. The second-order valence-corrected chi connectivity index (χ2v) is 17.6. The van der Waals surface area contributed by atoms with Crippen LogP contribution < -0.4 is 161 Å². The van der Waals surface area contributed by atoms with Crippen LogP contribution >= 0.6 is 23.2 Å². The van der Waals surface area contributed by atoms with Gasteiger partial charge in [-0.15, -0.1) is 0 Å². The van der Waals surface area contributed by atoms with Gasteiger partial charge in [0.15, 0.2) is 23.0 Å². The standard InChI is InChI=1S/C30H20Cl2N6O14S4.4Na/c31-21-24-28(52-26-16(38-24)6-8-18(30(26)56(48,49)50)36-12-2-4-14(34)20(10-12)54(42,43)44)22(32)23-27(21)51-25-15(37-23)5-7-17(29(25)55(45,46)47)35-11-1-3-13(33)19(9-11)53(39,40)41;;;;/h1-10,35-36H,33-34H2,(H,39,40,41)(H,42,43,44)(H,45,46,47)(H,48,49,50);;;;/q;4*+1/p-4. The minimum atomic E-state index is -5.45. The number of nitrogens with zero attached hydrogens (tertiary/aromatic N) is 2. The largest absolute Gasteiger partial charge is 1.00 e. The van der Waals surface area contributed by atoms with Crippen LogP contribution in [0.4, 0.5) is 45.5 Å². The maximum absolute atomic E-state index is 12.7. The van der Waals surface area contributed by atoms with Crippen LogP contribution in [-0.4, -0.2) is 51.9 Å². The van der Waals surface area contributed by atoms with E-state index < -0.39 is 116 Å². The molecular formula is C30H16Cl2N6Na4O14S4. The van der Waals surface area contributed by atoms with E-state index in [0.717, 1.165) is 36.4 Å². The van der Waals surface area contributed by atoms with Crippen LogP contribution in [-0.2, 0) is 40.5 Å². The third-order valence-electron chi connectivity index (χ3n) is 7.92. The molecule has 30 heteroatoms. The van der Waals surface area contributed by atoms with Gasteiger partial charge in [0, 0.05) is 22.7 Å². The number of fused-ring (bicyclic) bond motifs is 4. The summed E-state index contributed by atoms with van der Waals surface area (Å²) >= 11 is 13.3. The number of nitrogens with two attached hydrogens (primary N) is 2. The van der Waals surface area contributed by atoms with Crippen LogP contribution in [0.15, 0.2) is 90.2 Å². The van der Waals surface area contributed by atoms with Gasteiger partial charge in [0.05, 0.1) is 21.2 Å². The summed E-state index contributed by atoms with van der Waals surface area (Å²) in [6.45, 7) is 0. The Hall–Kier alpha value is -1.28. The van der Waals surface area contributed by atoms with E-state index in [1.54, 1.807) is 0 Å². The van der Waals surface area contributed by atoms with Crippen molar-refractivity contribution in [3.8, 4) is 23.0 Å². The van der Waals surface area contributed by atoms with Gasteiger partial charge < -0.3 is 49.8 Å². The monoisotopic (exact) mass is 974 g/mol. The third kappa shape index (κ3) is 10.3. The Morgan fingerprint density at radius 1 is 0.500 bits per heavy atom. The molecule has 0 amide bonds. The van der Waals surface area contributed by atoms with E-state index in [4.69, 9.17) is 44.1 Å². The molecule has 0 atom stereocenters. The molecule has 5 aromatic carbocycles. The van der Waals surface area contributed by atoms with Crippen LogP contribution in [0.3, 0.4) is 0 Å². The summed E-state index contributed by atoms with van der Waals surface area (Å²) in [5, 5.41) is 3.55. The molecule has 0 saturated heterocycles. The minimum absolute atomic E-state index is 0. The van der Waals surface area contributed by atoms with Crippen LogP contribution in [0, 0.1) is 0 Å². The van der Waals surface area contributed by atoms with E-state index in [9.17, 15) is 51.9 Å². The fourth-order valence-electron chi connectivity index (χ4n) is 5.59. The third-order valence-corrected chi connectivity index (χ3v) is 12.2. The summed E-state index contributed by atoms with van der Waals surface area (Å²) in [6.07, 6.45) is 0. The summed E-state index contributed by atoms with van der Waals surface area (Å²) < 4.78 is 158. The average Bonchev–Trinajstić information content (AvgIpc) is 3.08. The summed E-state index contributed by atoms with van der Waals surface area (Å²) in [5.74, 6) is -2.22. The van der Waals surface area contributed by atoms with Gasteiger partial charge in [-0.1, -0.05) is 23.2 Å². The maximum Gasteiger partial charge on any atom is 1.00 e. The van der Waals surface area contributed by atoms with E-state index in [1.807, 2.05) is 0 Å². The number of hydrogen-bond donors (Lipinski definition) is 4. The second kappa shape index (κ2) is 19.1. The Kier molecular flexibility index (Phi) is 16.9. The molecule has 60 heavy (non-hydrogen) atoms. The Bertz CT molecular complexity index is 3010. The number of rotatable bonds is 8. The molecule has 0 radical (unpaired) electrons. The van der Waals surface area contributed by atoms with E-state index in [2.05, 4.69) is 20.6 Å². The first-order chi connectivity index (χ1) is 25.9. The molecule has 0 aliphatic carbocycles. The predicted octanol–water partition coefficient (Wildman–Crippen LogP) is -8.61. The van der Waals surface area contributed by atoms with Crippen LogP contribution in [0.5, 0.6) is 23.0 Å². The van der Waals surface area contributed by atoms with Crippen molar-refractivity contribution < 1.29 is 180 Å². The molecule has 0 fully saturated rings. The topological polar surface area (TPSA) is 348 Å². The van der Waals surface area contributed by atoms with E-state index in [-0.39, 0.29) is 152 Å². The zero-order valence-corrected chi connectivity index (χ0v) is 43.7. The zero-order chi connectivity index (χ0) is 40.9. The summed E-state index contributed by atoms with van der Waals surface area (Å²) in [5.41, 5.74) is 8.56. The summed E-state index contributed by atoms with van der Waals surface area (Å²) in [7, 11) is -21.0. The summed E-state index contributed by atoms with van der Waals surface area (Å²) in [6, 6.07) is 10.6. The van der Waals surface area contributed by atoms with Crippen molar-refractivity contribution in [2.45, 2.75) is 19.6 Å². The van der Waals surface area contributed by atoms with Gasteiger partial charge in [-0.3, -0.25) is 0 Å². The fourth-order valence-corrected chi connectivity index (χ4v) is 8.88. The SMILES string of the molecule is Nc1ccc(Nc2ccc3c(c2S(=O)(=O)[O-])Oc2c(Cl)c4c(c(Cl)c2=N3)Oc2c(ccc(Nc3ccc(N)c(S(=O)(=O)[O-])c3)c2S(=O)(=O)[O-])N=4)cc1S(=O)(=O)[O-].[Na+].[Na+].[Na+].[Na+]. The Balaban J connectivity index is 0.00000240. The van der Waals surface area contributed by atoms with Crippen molar-refractivity contribution in [1.82, 2.24) is 0 Å². The Morgan fingerprint density at radius 3 is 1.13 bits per heavy atom. The Labute approximate surface area is 438 Å². The molecule has 7 rings (SSSR count). The molecule has 20 nitrogen and oxygen atoms in total. The molecule has 292 valence electrons. The van der Waals surface area contributed by atoms with Crippen molar-refractivity contribution in [3.63, 3.8) is 0 Å². The fraction of sp³-hybridized carbons (Fsp3) is 0. The van der Waals surface area contributed by atoms with Crippen molar-refractivity contribution >= 4 is 109 Å². The Morgan fingerprint density at radius 2 is 0.833 bits per heavy atom. The number of benzene rings is 5. The molecule has 0 spiro atoms. The number of hydrogen-bond acceptors (Lipinski definition) is 20. The molecule has 0 unspecified atom stereocenters. The first-order valence-electron chi connectivity index (χ1n) is 14.8. The van der Waals surface area contributed by atoms with Crippen LogP contribution in [0.1, 0.15) is 0 Å². The van der Waals surface area contributed by atoms with Gasteiger partial charge in [0.1, 0.15) is 82.4 Å². The molecule has 0 saturated carbocycles. The molecule has 2 heterocycles. The molecule has 5 aromatic rings. The van der Waals surface area contributed by atoms with Gasteiger partial charge in [-0.05, 0) is 60.7 Å². The van der Waals surface area contributed by atoms with Gasteiger partial charge >= 0.3 is 118 Å². The van der Waals surface area contributed by atoms with Crippen LogP contribution in [0.2, 0.25) is 10.0 Å². The maximum atomic E-state index is 12.7. The molecule has 2 aliphatic heterocycles. The van der Waals surface area contributed by atoms with Crippen molar-refractivity contribution in [2.24, 2.45) is 9.98 Å². The van der Waals surface area contributed by atoms with Crippen molar-refractivity contribution in [2.75, 3.05) is 22.1 Å². The normalized spacial score (nSPS) is 12.5. The van der Waals surface area contributed by atoms with E-state index in [0.29, 0.717) is 0 Å². The van der Waals surface area contributed by atoms with Gasteiger partial charge in [0.2, 0.25) is 0 Å².